The molecule has 1 aliphatic rings. The van der Waals surface area contributed by atoms with Gasteiger partial charge in [0.2, 0.25) is 10.0 Å². The van der Waals surface area contributed by atoms with Gasteiger partial charge in [-0.15, -0.1) is 0 Å². The molecule has 1 fully saturated rings. The summed E-state index contributed by atoms with van der Waals surface area (Å²) in [5.74, 6) is -1.19. The number of hydrogen-bond acceptors (Lipinski definition) is 3. The summed E-state index contributed by atoms with van der Waals surface area (Å²) in [4.78, 5) is 14.7. The summed E-state index contributed by atoms with van der Waals surface area (Å²) in [7, 11) is -3.98. The number of benzene rings is 3. The first-order chi connectivity index (χ1) is 15.4. The molecule has 1 saturated heterocycles. The first kappa shape index (κ1) is 22.2. The van der Waals surface area contributed by atoms with Crippen LogP contribution in [-0.2, 0) is 23.1 Å². The molecule has 32 heavy (non-hydrogen) atoms. The summed E-state index contributed by atoms with van der Waals surface area (Å²) in [5.41, 5.74) is 2.05. The monoisotopic (exact) mass is 452 g/mol. The van der Waals surface area contributed by atoms with Gasteiger partial charge in [-0.3, -0.25) is 4.79 Å². The van der Waals surface area contributed by atoms with Gasteiger partial charge in [-0.1, -0.05) is 60.7 Å². The molecule has 166 valence electrons. The first-order valence-electron chi connectivity index (χ1n) is 10.6. The molecule has 0 radical (unpaired) electrons. The van der Waals surface area contributed by atoms with Crippen LogP contribution >= 0.6 is 0 Å². The second kappa shape index (κ2) is 9.63. The molecule has 1 aliphatic heterocycles. The Kier molecular flexibility index (Phi) is 6.67. The highest BCUT2D eigenvalue weighted by molar-refractivity contribution is 7.89. The Hall–Kier alpha value is -3.03. The van der Waals surface area contributed by atoms with E-state index in [2.05, 4.69) is 0 Å². The van der Waals surface area contributed by atoms with Gasteiger partial charge in [0.1, 0.15) is 10.7 Å². The van der Waals surface area contributed by atoms with Gasteiger partial charge in [-0.25, -0.2) is 12.8 Å². The topological polar surface area (TPSA) is 57.7 Å². The summed E-state index contributed by atoms with van der Waals surface area (Å²) in [6.07, 6.45) is 1.50. The van der Waals surface area contributed by atoms with Gasteiger partial charge in [0, 0.05) is 31.7 Å². The predicted octanol–water partition coefficient (Wildman–Crippen LogP) is 4.45. The van der Waals surface area contributed by atoms with Gasteiger partial charge in [0.25, 0.3) is 5.91 Å². The highest BCUT2D eigenvalue weighted by atomic mass is 32.2. The molecule has 0 aliphatic carbocycles. The van der Waals surface area contributed by atoms with Crippen LogP contribution in [0.3, 0.4) is 0 Å². The van der Waals surface area contributed by atoms with Crippen LogP contribution in [0.15, 0.2) is 83.8 Å². The SMILES string of the molecule is O=C(c1ccc(F)c(S(=O)(=O)N2CCCC2)c1)N(Cc1ccccc1)Cc1ccccc1. The fourth-order valence-electron chi connectivity index (χ4n) is 3.89. The maximum absolute atomic E-state index is 14.5. The van der Waals surface area contributed by atoms with E-state index >= 15 is 0 Å². The molecule has 5 nitrogen and oxygen atoms in total. The molecule has 3 aromatic carbocycles. The molecule has 0 atom stereocenters. The van der Waals surface area contributed by atoms with E-state index in [4.69, 9.17) is 0 Å². The maximum atomic E-state index is 14.5. The zero-order valence-electron chi connectivity index (χ0n) is 17.7. The summed E-state index contributed by atoms with van der Waals surface area (Å²) in [6, 6.07) is 22.7. The second-order valence-corrected chi connectivity index (χ2v) is 9.80. The average molecular weight is 453 g/mol. The van der Waals surface area contributed by atoms with E-state index in [0.29, 0.717) is 26.2 Å². The third-order valence-corrected chi connectivity index (χ3v) is 7.49. The predicted molar refractivity (Wildman–Crippen MR) is 121 cm³/mol. The Morgan fingerprint density at radius 1 is 0.844 bits per heavy atom. The van der Waals surface area contributed by atoms with Gasteiger partial charge < -0.3 is 4.90 Å². The standard InChI is InChI=1S/C25H25FN2O3S/c26-23-14-13-22(17-24(23)32(30,31)28-15-7-8-16-28)25(29)27(18-20-9-3-1-4-10-20)19-21-11-5-2-6-12-21/h1-6,9-14,17H,7-8,15-16,18-19H2. The maximum Gasteiger partial charge on any atom is 0.254 e. The zero-order chi connectivity index (χ0) is 22.6. The first-order valence-corrected chi connectivity index (χ1v) is 12.1. The number of carbonyl (C=O) groups excluding carboxylic acids is 1. The lowest BCUT2D eigenvalue weighted by Gasteiger charge is -2.24. The quantitative estimate of drug-likeness (QED) is 0.532. The molecular weight excluding hydrogens is 427 g/mol. The van der Waals surface area contributed by atoms with Crippen LogP contribution in [0.2, 0.25) is 0 Å². The van der Waals surface area contributed by atoms with E-state index in [0.717, 1.165) is 30.0 Å². The Bertz CT molecular complexity index is 1140. The van der Waals surface area contributed by atoms with E-state index in [1.807, 2.05) is 60.7 Å². The van der Waals surface area contributed by atoms with Crippen LogP contribution in [-0.4, -0.2) is 36.6 Å². The third-order valence-electron chi connectivity index (χ3n) is 5.58. The lowest BCUT2D eigenvalue weighted by atomic mass is 10.1. The van der Waals surface area contributed by atoms with Crippen molar-refractivity contribution in [3.63, 3.8) is 0 Å². The van der Waals surface area contributed by atoms with Crippen molar-refractivity contribution in [1.82, 2.24) is 9.21 Å². The molecule has 0 aromatic heterocycles. The van der Waals surface area contributed by atoms with Crippen LogP contribution in [0.1, 0.15) is 34.3 Å². The van der Waals surface area contributed by atoms with Gasteiger partial charge in [-0.05, 0) is 42.2 Å². The molecule has 0 bridgehead atoms. The molecule has 7 heteroatoms. The smallest absolute Gasteiger partial charge is 0.254 e. The lowest BCUT2D eigenvalue weighted by molar-refractivity contribution is 0.0729. The number of nitrogens with zero attached hydrogens (tertiary/aromatic N) is 2. The number of halogens is 1. The average Bonchev–Trinajstić information content (AvgIpc) is 3.36. The van der Waals surface area contributed by atoms with E-state index in [1.165, 1.54) is 16.4 Å². The zero-order valence-corrected chi connectivity index (χ0v) is 18.5. The molecule has 3 aromatic rings. The molecule has 4 rings (SSSR count). The minimum absolute atomic E-state index is 0.149. The molecule has 0 N–H and O–H groups in total. The lowest BCUT2D eigenvalue weighted by Crippen LogP contribution is -2.31. The van der Waals surface area contributed by atoms with Crippen LogP contribution in [0, 0.1) is 5.82 Å². The van der Waals surface area contributed by atoms with Gasteiger partial charge >= 0.3 is 0 Å². The Morgan fingerprint density at radius 3 is 1.91 bits per heavy atom. The molecular formula is C25H25FN2O3S. The summed E-state index contributed by atoms with van der Waals surface area (Å²) in [5, 5.41) is 0. The fourth-order valence-corrected chi connectivity index (χ4v) is 5.50. The van der Waals surface area contributed by atoms with E-state index in [1.54, 1.807) is 4.90 Å². The molecule has 0 unspecified atom stereocenters. The largest absolute Gasteiger partial charge is 0.330 e. The van der Waals surface area contributed by atoms with Crippen molar-refractivity contribution in [3.05, 3.63) is 101 Å². The highest BCUT2D eigenvalue weighted by Gasteiger charge is 2.31. The van der Waals surface area contributed by atoms with Gasteiger partial charge in [0.15, 0.2) is 0 Å². The number of hydrogen-bond donors (Lipinski definition) is 0. The minimum atomic E-state index is -3.98. The van der Waals surface area contributed by atoms with Crippen molar-refractivity contribution in [2.45, 2.75) is 30.8 Å². The summed E-state index contributed by atoms with van der Waals surface area (Å²) in [6.45, 7) is 1.43. The third kappa shape index (κ3) is 4.89. The Morgan fingerprint density at radius 2 is 1.38 bits per heavy atom. The number of amides is 1. The van der Waals surface area contributed by atoms with Crippen molar-refractivity contribution >= 4 is 15.9 Å². The van der Waals surface area contributed by atoms with Gasteiger partial charge in [-0.2, -0.15) is 4.31 Å². The van der Waals surface area contributed by atoms with E-state index < -0.39 is 20.7 Å². The molecule has 1 heterocycles. The van der Waals surface area contributed by atoms with Crippen molar-refractivity contribution in [2.75, 3.05) is 13.1 Å². The van der Waals surface area contributed by atoms with Crippen LogP contribution in [0.4, 0.5) is 4.39 Å². The van der Waals surface area contributed by atoms with Crippen molar-refractivity contribution in [2.24, 2.45) is 0 Å². The van der Waals surface area contributed by atoms with Crippen molar-refractivity contribution in [3.8, 4) is 0 Å². The minimum Gasteiger partial charge on any atom is -0.330 e. The second-order valence-electron chi connectivity index (χ2n) is 7.89. The van der Waals surface area contributed by atoms with Crippen LogP contribution in [0.5, 0.6) is 0 Å². The normalized spacial score (nSPS) is 14.4. The van der Waals surface area contributed by atoms with E-state index in [9.17, 15) is 17.6 Å². The summed E-state index contributed by atoms with van der Waals surface area (Å²) < 4.78 is 41.7. The molecule has 1 amide bonds. The van der Waals surface area contributed by atoms with Gasteiger partial charge in [0.05, 0.1) is 0 Å². The number of sulfonamides is 1. The molecule has 0 saturated carbocycles. The van der Waals surface area contributed by atoms with Crippen LogP contribution in [0.25, 0.3) is 0 Å². The summed E-state index contributed by atoms with van der Waals surface area (Å²) >= 11 is 0. The van der Waals surface area contributed by atoms with E-state index in [-0.39, 0.29) is 11.5 Å². The van der Waals surface area contributed by atoms with Crippen molar-refractivity contribution < 1.29 is 17.6 Å². The fraction of sp³-hybridized carbons (Fsp3) is 0.240. The highest BCUT2D eigenvalue weighted by Crippen LogP contribution is 2.25. The Labute approximate surface area is 188 Å². The number of rotatable bonds is 7. The Balaban J connectivity index is 1.67. The number of carbonyl (C=O) groups is 1. The molecule has 0 spiro atoms. The van der Waals surface area contributed by atoms with Crippen LogP contribution < -0.4 is 0 Å². The van der Waals surface area contributed by atoms with Crippen molar-refractivity contribution in [1.29, 1.82) is 0 Å².